The summed E-state index contributed by atoms with van der Waals surface area (Å²) in [5.41, 5.74) is 0.668. The fraction of sp³-hybridized carbons (Fsp3) is 0.450. The van der Waals surface area contributed by atoms with Crippen LogP contribution < -0.4 is 10.6 Å². The van der Waals surface area contributed by atoms with Gasteiger partial charge in [-0.15, -0.1) is 0 Å². The van der Waals surface area contributed by atoms with Crippen molar-refractivity contribution in [3.8, 4) is 0 Å². The molecule has 1 aliphatic rings. The summed E-state index contributed by atoms with van der Waals surface area (Å²) in [6.45, 7) is 7.33. The summed E-state index contributed by atoms with van der Waals surface area (Å²) in [4.78, 5) is 27.0. The van der Waals surface area contributed by atoms with Crippen molar-refractivity contribution in [3.63, 3.8) is 0 Å². The summed E-state index contributed by atoms with van der Waals surface area (Å²) in [5.74, 6) is -0.243. The van der Waals surface area contributed by atoms with E-state index in [1.54, 1.807) is 36.1 Å². The highest BCUT2D eigenvalue weighted by molar-refractivity contribution is 7.80. The van der Waals surface area contributed by atoms with Gasteiger partial charge in [-0.1, -0.05) is 25.4 Å². The first-order valence-corrected chi connectivity index (χ1v) is 10.1. The maximum absolute atomic E-state index is 13.0. The molecule has 1 aliphatic heterocycles. The van der Waals surface area contributed by atoms with Gasteiger partial charge in [-0.05, 0) is 61.7 Å². The molecule has 2 atom stereocenters. The molecule has 152 valence electrons. The summed E-state index contributed by atoms with van der Waals surface area (Å²) in [5, 5.41) is 6.64. The van der Waals surface area contributed by atoms with Crippen LogP contribution in [0.4, 0.5) is 5.69 Å². The van der Waals surface area contributed by atoms with Gasteiger partial charge in [0.25, 0.3) is 5.91 Å². The second kappa shape index (κ2) is 10.4. The molecule has 28 heavy (non-hydrogen) atoms. The third-order valence-corrected chi connectivity index (χ3v) is 4.80. The molecular weight excluding hydrogens is 398 g/mol. The van der Waals surface area contributed by atoms with Crippen molar-refractivity contribution in [2.24, 2.45) is 11.8 Å². The number of hydrogen-bond donors (Lipinski definition) is 2. The number of thiocarbonyl (C=S) groups is 1. The van der Waals surface area contributed by atoms with E-state index in [0.29, 0.717) is 29.9 Å². The van der Waals surface area contributed by atoms with Crippen LogP contribution in [-0.4, -0.2) is 41.6 Å². The Kier molecular flexibility index (Phi) is 8.26. The molecule has 0 aromatic heterocycles. The van der Waals surface area contributed by atoms with Crippen LogP contribution in [0.25, 0.3) is 0 Å². The zero-order chi connectivity index (χ0) is 20.7. The first-order chi connectivity index (χ1) is 13.3. The average molecular weight is 424 g/mol. The highest BCUT2D eigenvalue weighted by Crippen LogP contribution is 2.22. The molecule has 1 amide bonds. The number of carbonyl (C=O) groups excluding carboxylic acids is 2. The van der Waals surface area contributed by atoms with Crippen molar-refractivity contribution in [2.75, 3.05) is 25.0 Å². The lowest BCUT2D eigenvalue weighted by molar-refractivity contribution is -0.142. The molecule has 1 fully saturated rings. The number of hydrogen-bond acceptors (Lipinski definition) is 4. The first-order valence-electron chi connectivity index (χ1n) is 9.29. The number of carbonyl (C=O) groups is 2. The molecule has 0 spiro atoms. The Labute approximate surface area is 176 Å². The quantitative estimate of drug-likeness (QED) is 0.248. The van der Waals surface area contributed by atoms with E-state index in [0.717, 1.165) is 12.1 Å². The largest absolute Gasteiger partial charge is 0.462 e. The van der Waals surface area contributed by atoms with E-state index >= 15 is 0 Å². The van der Waals surface area contributed by atoms with Crippen LogP contribution in [0, 0.1) is 11.8 Å². The molecule has 1 aromatic rings. The third kappa shape index (κ3) is 6.49. The molecule has 2 rings (SSSR count). The molecule has 0 bridgehead atoms. The number of halogens is 1. The van der Waals surface area contributed by atoms with Crippen molar-refractivity contribution < 1.29 is 14.3 Å². The third-order valence-electron chi connectivity index (χ3n) is 4.33. The summed E-state index contributed by atoms with van der Waals surface area (Å²) in [7, 11) is 0. The fourth-order valence-electron chi connectivity index (χ4n) is 3.25. The predicted molar refractivity (Wildman–Crippen MR) is 115 cm³/mol. The van der Waals surface area contributed by atoms with Crippen LogP contribution in [0.1, 0.15) is 27.2 Å². The van der Waals surface area contributed by atoms with Gasteiger partial charge >= 0.3 is 5.97 Å². The monoisotopic (exact) mass is 423 g/mol. The van der Waals surface area contributed by atoms with E-state index in [9.17, 15) is 9.59 Å². The van der Waals surface area contributed by atoms with E-state index in [1.807, 2.05) is 0 Å². The standard InChI is InChI=1S/C20H26ClN3O3S/c1-4-27-19(26)17(18(25)24-11-13(2)9-14(3)12-24)10-22-20(28)23-16-7-5-15(21)6-8-16/h5-8,10,13-14H,4,9,11-12H2,1-3H3,(H2,22,23,28). The molecule has 1 aromatic carbocycles. The Balaban J connectivity index is 2.10. The van der Waals surface area contributed by atoms with Gasteiger partial charge in [-0.25, -0.2) is 4.79 Å². The van der Waals surface area contributed by atoms with Crippen LogP contribution >= 0.6 is 23.8 Å². The van der Waals surface area contributed by atoms with Gasteiger partial charge in [0.15, 0.2) is 5.11 Å². The smallest absolute Gasteiger partial charge is 0.345 e. The van der Waals surface area contributed by atoms with Crippen LogP contribution in [0.5, 0.6) is 0 Å². The van der Waals surface area contributed by atoms with Crippen LogP contribution in [0.2, 0.25) is 5.02 Å². The van der Waals surface area contributed by atoms with Crippen LogP contribution in [0.3, 0.4) is 0 Å². The minimum atomic E-state index is -0.667. The number of anilines is 1. The molecule has 2 N–H and O–H groups in total. The fourth-order valence-corrected chi connectivity index (χ4v) is 3.56. The molecule has 2 unspecified atom stereocenters. The van der Waals surface area contributed by atoms with Gasteiger partial charge in [0.1, 0.15) is 5.57 Å². The SMILES string of the molecule is CCOC(=O)C(=CNC(=S)Nc1ccc(Cl)cc1)C(=O)N1CC(C)CC(C)C1. The molecule has 0 aliphatic carbocycles. The lowest BCUT2D eigenvalue weighted by Crippen LogP contribution is -2.44. The van der Waals surface area contributed by atoms with Gasteiger partial charge in [0.2, 0.25) is 0 Å². The van der Waals surface area contributed by atoms with Crippen molar-refractivity contribution >= 4 is 46.5 Å². The van der Waals surface area contributed by atoms with Crippen molar-refractivity contribution in [1.29, 1.82) is 0 Å². The van der Waals surface area contributed by atoms with E-state index in [4.69, 9.17) is 28.6 Å². The Morgan fingerprint density at radius 1 is 1.25 bits per heavy atom. The molecule has 1 saturated heterocycles. The van der Waals surface area contributed by atoms with E-state index in [1.165, 1.54) is 6.20 Å². The zero-order valence-corrected chi connectivity index (χ0v) is 17.9. The second-order valence-corrected chi connectivity index (χ2v) is 7.88. The predicted octanol–water partition coefficient (Wildman–Crippen LogP) is 3.58. The number of ether oxygens (including phenoxy) is 1. The zero-order valence-electron chi connectivity index (χ0n) is 16.3. The molecule has 6 nitrogen and oxygen atoms in total. The summed E-state index contributed by atoms with van der Waals surface area (Å²) < 4.78 is 5.06. The van der Waals surface area contributed by atoms with E-state index in [-0.39, 0.29) is 23.2 Å². The number of nitrogens with one attached hydrogen (secondary N) is 2. The van der Waals surface area contributed by atoms with Gasteiger partial charge in [-0.2, -0.15) is 0 Å². The second-order valence-electron chi connectivity index (χ2n) is 7.04. The molecule has 8 heteroatoms. The minimum absolute atomic E-state index is 0.0663. The van der Waals surface area contributed by atoms with E-state index < -0.39 is 5.97 Å². The number of amides is 1. The van der Waals surface area contributed by atoms with Gasteiger partial charge in [0.05, 0.1) is 6.61 Å². The van der Waals surface area contributed by atoms with Gasteiger partial charge in [0, 0.05) is 30.0 Å². The molecule has 1 heterocycles. The highest BCUT2D eigenvalue weighted by Gasteiger charge is 2.30. The van der Waals surface area contributed by atoms with Gasteiger partial charge in [-0.3, -0.25) is 4.79 Å². The average Bonchev–Trinajstić information content (AvgIpc) is 2.63. The van der Waals surface area contributed by atoms with Crippen LogP contribution in [-0.2, 0) is 14.3 Å². The number of rotatable bonds is 5. The Morgan fingerprint density at radius 3 is 2.43 bits per heavy atom. The molecule has 0 radical (unpaired) electrons. The topological polar surface area (TPSA) is 70.7 Å². The highest BCUT2D eigenvalue weighted by atomic mass is 35.5. The Morgan fingerprint density at radius 2 is 1.86 bits per heavy atom. The number of nitrogens with zero attached hydrogens (tertiary/aromatic N) is 1. The maximum atomic E-state index is 13.0. The first kappa shape index (κ1) is 22.2. The molecular formula is C20H26ClN3O3S. The van der Waals surface area contributed by atoms with Crippen molar-refractivity contribution in [3.05, 3.63) is 41.1 Å². The molecule has 0 saturated carbocycles. The van der Waals surface area contributed by atoms with Crippen LogP contribution in [0.15, 0.2) is 36.0 Å². The number of benzene rings is 1. The van der Waals surface area contributed by atoms with Crippen molar-refractivity contribution in [1.82, 2.24) is 10.2 Å². The lowest BCUT2D eigenvalue weighted by Gasteiger charge is -2.35. The summed E-state index contributed by atoms with van der Waals surface area (Å²) in [6.07, 6.45) is 2.38. The number of likely N-dealkylation sites (tertiary alicyclic amines) is 1. The lowest BCUT2D eigenvalue weighted by atomic mass is 9.91. The maximum Gasteiger partial charge on any atom is 0.345 e. The summed E-state index contributed by atoms with van der Waals surface area (Å²) in [6, 6.07) is 7.01. The van der Waals surface area contributed by atoms with Crippen molar-refractivity contribution in [2.45, 2.75) is 27.2 Å². The summed E-state index contributed by atoms with van der Waals surface area (Å²) >= 11 is 11.1. The van der Waals surface area contributed by atoms with Gasteiger partial charge < -0.3 is 20.3 Å². The normalized spacial score (nSPS) is 19.7. The Bertz CT molecular complexity index is 742. The number of piperidine rings is 1. The van der Waals surface area contributed by atoms with E-state index in [2.05, 4.69) is 24.5 Å². The Hall–Kier alpha value is -2.12. The minimum Gasteiger partial charge on any atom is -0.462 e. The number of esters is 1.